The van der Waals surface area contributed by atoms with Crippen LogP contribution in [0.3, 0.4) is 0 Å². The predicted molar refractivity (Wildman–Crippen MR) is 38.1 cm³/mol. The molecule has 0 unspecified atom stereocenters. The highest BCUT2D eigenvalue weighted by molar-refractivity contribution is 14.1. The van der Waals surface area contributed by atoms with Gasteiger partial charge in [-0.3, -0.25) is 0 Å². The first-order valence-electron chi connectivity index (χ1n) is 2.61. The maximum absolute atomic E-state index is 10.1. The molecule has 46 valence electrons. The van der Waals surface area contributed by atoms with Crippen molar-refractivity contribution in [1.29, 1.82) is 0 Å². The third-order valence-corrected chi connectivity index (χ3v) is 1.44. The standard InChI is InChI=1S/C5H7IO2/c6-5(7)8-3-4-1-2-4/h4H,1-3H2. The zero-order chi connectivity index (χ0) is 5.98. The molecule has 0 aliphatic heterocycles. The van der Waals surface area contributed by atoms with Crippen LogP contribution in [0.15, 0.2) is 0 Å². The second-order valence-electron chi connectivity index (χ2n) is 1.99. The summed E-state index contributed by atoms with van der Waals surface area (Å²) in [6.45, 7) is 0.641. The van der Waals surface area contributed by atoms with Crippen molar-refractivity contribution in [3.05, 3.63) is 0 Å². The van der Waals surface area contributed by atoms with Gasteiger partial charge in [-0.1, -0.05) is 0 Å². The highest BCUT2D eigenvalue weighted by atomic mass is 127. The summed E-state index contributed by atoms with van der Waals surface area (Å²) >= 11 is 1.64. The molecule has 0 atom stereocenters. The first-order valence-corrected chi connectivity index (χ1v) is 3.69. The smallest absolute Gasteiger partial charge is 0.367 e. The van der Waals surface area contributed by atoms with E-state index in [2.05, 4.69) is 0 Å². The van der Waals surface area contributed by atoms with E-state index in [-0.39, 0.29) is 3.98 Å². The Bertz CT molecular complexity index is 98.6. The molecular formula is C5H7IO2. The number of halogens is 1. The maximum Gasteiger partial charge on any atom is 0.367 e. The molecule has 2 nitrogen and oxygen atoms in total. The van der Waals surface area contributed by atoms with Crippen molar-refractivity contribution in [3.8, 4) is 0 Å². The van der Waals surface area contributed by atoms with Crippen LogP contribution in [0.2, 0.25) is 0 Å². The monoisotopic (exact) mass is 226 g/mol. The van der Waals surface area contributed by atoms with E-state index in [1.807, 2.05) is 0 Å². The summed E-state index contributed by atoms with van der Waals surface area (Å²) < 4.78 is 4.53. The molecule has 0 aromatic rings. The fraction of sp³-hybridized carbons (Fsp3) is 0.800. The van der Waals surface area contributed by atoms with Gasteiger partial charge in [-0.25, -0.2) is 4.79 Å². The normalized spacial score (nSPS) is 18.1. The molecule has 0 aromatic carbocycles. The van der Waals surface area contributed by atoms with Crippen LogP contribution in [-0.2, 0) is 4.74 Å². The van der Waals surface area contributed by atoms with E-state index in [9.17, 15) is 4.79 Å². The number of hydrogen-bond donors (Lipinski definition) is 0. The van der Waals surface area contributed by atoms with Gasteiger partial charge in [0.15, 0.2) is 0 Å². The quantitative estimate of drug-likeness (QED) is 0.531. The molecule has 0 radical (unpaired) electrons. The van der Waals surface area contributed by atoms with E-state index >= 15 is 0 Å². The van der Waals surface area contributed by atoms with Crippen LogP contribution >= 0.6 is 22.6 Å². The van der Waals surface area contributed by atoms with Crippen molar-refractivity contribution in [2.45, 2.75) is 12.8 Å². The van der Waals surface area contributed by atoms with Crippen LogP contribution in [0.1, 0.15) is 12.8 Å². The van der Waals surface area contributed by atoms with Crippen molar-refractivity contribution in [2.24, 2.45) is 5.92 Å². The van der Waals surface area contributed by atoms with E-state index in [1.165, 1.54) is 12.8 Å². The number of carbonyl (C=O) groups excluding carboxylic acids is 1. The third kappa shape index (κ3) is 2.49. The zero-order valence-electron chi connectivity index (χ0n) is 4.39. The second-order valence-corrected chi connectivity index (χ2v) is 2.87. The Hall–Kier alpha value is 0.200. The lowest BCUT2D eigenvalue weighted by Crippen LogP contribution is -1.96. The Kier molecular flexibility index (Phi) is 2.10. The summed E-state index contributed by atoms with van der Waals surface area (Å²) in [5.74, 6) is 0.689. The minimum Gasteiger partial charge on any atom is -0.458 e. The zero-order valence-corrected chi connectivity index (χ0v) is 6.55. The number of carbonyl (C=O) groups is 1. The van der Waals surface area contributed by atoms with Crippen molar-refractivity contribution in [3.63, 3.8) is 0 Å². The SMILES string of the molecule is O=C(I)OCC1CC1. The van der Waals surface area contributed by atoms with Crippen LogP contribution in [-0.4, -0.2) is 10.6 Å². The predicted octanol–water partition coefficient (Wildman–Crippen LogP) is 1.97. The van der Waals surface area contributed by atoms with Gasteiger partial charge >= 0.3 is 3.98 Å². The van der Waals surface area contributed by atoms with Gasteiger partial charge in [-0.05, 0) is 18.8 Å². The lowest BCUT2D eigenvalue weighted by atomic mass is 10.5. The molecule has 0 bridgehead atoms. The van der Waals surface area contributed by atoms with Crippen molar-refractivity contribution < 1.29 is 9.53 Å². The van der Waals surface area contributed by atoms with Gasteiger partial charge in [-0.2, -0.15) is 0 Å². The Morgan fingerprint density at radius 3 is 2.75 bits per heavy atom. The summed E-state index contributed by atoms with van der Waals surface area (Å²) in [7, 11) is 0. The second kappa shape index (κ2) is 2.66. The van der Waals surface area contributed by atoms with Gasteiger partial charge in [0.2, 0.25) is 0 Å². The summed E-state index contributed by atoms with van der Waals surface area (Å²) in [6.07, 6.45) is 2.48. The van der Waals surface area contributed by atoms with Gasteiger partial charge in [-0.15, -0.1) is 0 Å². The van der Waals surface area contributed by atoms with Crippen LogP contribution in [0.5, 0.6) is 0 Å². The van der Waals surface area contributed by atoms with Crippen LogP contribution in [0.4, 0.5) is 4.79 Å². The minimum absolute atomic E-state index is 0.186. The number of hydrogen-bond acceptors (Lipinski definition) is 2. The molecule has 0 spiro atoms. The Labute approximate surface area is 61.7 Å². The van der Waals surface area contributed by atoms with Gasteiger partial charge in [0.05, 0.1) is 29.2 Å². The van der Waals surface area contributed by atoms with Gasteiger partial charge < -0.3 is 4.74 Å². The van der Waals surface area contributed by atoms with E-state index in [0.717, 1.165) is 0 Å². The fourth-order valence-corrected chi connectivity index (χ4v) is 0.648. The molecule has 1 saturated carbocycles. The number of rotatable bonds is 2. The van der Waals surface area contributed by atoms with Crippen molar-refractivity contribution in [2.75, 3.05) is 6.61 Å². The summed E-state index contributed by atoms with van der Waals surface area (Å²) in [4.78, 5) is 10.1. The minimum atomic E-state index is -0.186. The first-order chi connectivity index (χ1) is 3.79. The topological polar surface area (TPSA) is 26.3 Å². The Morgan fingerprint density at radius 2 is 2.38 bits per heavy atom. The molecule has 0 saturated heterocycles. The largest absolute Gasteiger partial charge is 0.458 e. The summed E-state index contributed by atoms with van der Waals surface area (Å²) in [5, 5.41) is 0. The summed E-state index contributed by atoms with van der Waals surface area (Å²) in [5.41, 5.74) is 0. The molecule has 0 heterocycles. The van der Waals surface area contributed by atoms with Gasteiger partial charge in [0, 0.05) is 0 Å². The van der Waals surface area contributed by atoms with Crippen molar-refractivity contribution >= 4 is 26.6 Å². The maximum atomic E-state index is 10.1. The van der Waals surface area contributed by atoms with E-state index < -0.39 is 0 Å². The Balaban J connectivity index is 1.95. The molecule has 0 aromatic heterocycles. The number of ether oxygens (including phenoxy) is 1. The van der Waals surface area contributed by atoms with E-state index in [0.29, 0.717) is 12.5 Å². The highest BCUT2D eigenvalue weighted by Gasteiger charge is 2.22. The van der Waals surface area contributed by atoms with E-state index in [4.69, 9.17) is 4.74 Å². The average Bonchev–Trinajstić information content (AvgIpc) is 2.41. The summed E-state index contributed by atoms with van der Waals surface area (Å²) in [6, 6.07) is 0. The molecule has 8 heavy (non-hydrogen) atoms. The van der Waals surface area contributed by atoms with Crippen LogP contribution in [0, 0.1) is 5.92 Å². The molecule has 1 fully saturated rings. The third-order valence-electron chi connectivity index (χ3n) is 1.13. The average molecular weight is 226 g/mol. The molecular weight excluding hydrogens is 219 g/mol. The van der Waals surface area contributed by atoms with Gasteiger partial charge in [0.1, 0.15) is 0 Å². The molecule has 1 aliphatic carbocycles. The first kappa shape index (κ1) is 6.32. The lowest BCUT2D eigenvalue weighted by Gasteiger charge is -1.94. The molecule has 1 rings (SSSR count). The lowest BCUT2D eigenvalue weighted by molar-refractivity contribution is 0.173. The van der Waals surface area contributed by atoms with Crippen LogP contribution in [0.25, 0.3) is 0 Å². The molecule has 0 amide bonds. The fourth-order valence-electron chi connectivity index (χ4n) is 0.468. The van der Waals surface area contributed by atoms with E-state index in [1.54, 1.807) is 22.6 Å². The molecule has 3 heteroatoms. The molecule has 0 N–H and O–H groups in total. The highest BCUT2D eigenvalue weighted by Crippen LogP contribution is 2.28. The van der Waals surface area contributed by atoms with Crippen LogP contribution < -0.4 is 0 Å². The molecule has 1 aliphatic rings. The van der Waals surface area contributed by atoms with Gasteiger partial charge in [0.25, 0.3) is 0 Å². The van der Waals surface area contributed by atoms with Crippen molar-refractivity contribution in [1.82, 2.24) is 0 Å². The Morgan fingerprint density at radius 1 is 1.75 bits per heavy atom.